The van der Waals surface area contributed by atoms with Gasteiger partial charge in [0.1, 0.15) is 17.7 Å². The smallest absolute Gasteiger partial charge is 0.338 e. The third kappa shape index (κ3) is 9.31. The molecule has 0 radical (unpaired) electrons. The number of aliphatic hydroxyl groups is 1. The summed E-state index contributed by atoms with van der Waals surface area (Å²) in [4.78, 5) is 12.3. The fourth-order valence-corrected chi connectivity index (χ4v) is 5.69. The van der Waals surface area contributed by atoms with Crippen LogP contribution in [0.3, 0.4) is 0 Å². The van der Waals surface area contributed by atoms with E-state index in [1.54, 1.807) is 61.5 Å². The second kappa shape index (κ2) is 15.7. The molecule has 0 saturated carbocycles. The SMILES string of the molecule is CCOC(=O)c1cccc(Oc2ccc(S(=O)(=O)c3ccc(CCCNC(O)Cc4cccc(Cl)c4)cc3)cc2)c1.Cl. The van der Waals surface area contributed by atoms with Crippen LogP contribution in [-0.4, -0.2) is 38.9 Å². The van der Waals surface area contributed by atoms with Crippen molar-refractivity contribution in [3.05, 3.63) is 119 Å². The number of aryl methyl sites for hydroxylation is 1. The van der Waals surface area contributed by atoms with Crippen molar-refractivity contribution in [1.29, 1.82) is 0 Å². The fourth-order valence-electron chi connectivity index (χ4n) is 4.22. The summed E-state index contributed by atoms with van der Waals surface area (Å²) in [7, 11) is -3.71. The molecule has 0 amide bonds. The monoisotopic (exact) mass is 629 g/mol. The predicted octanol–water partition coefficient (Wildman–Crippen LogP) is 6.65. The van der Waals surface area contributed by atoms with Crippen molar-refractivity contribution in [2.24, 2.45) is 0 Å². The first kappa shape index (κ1) is 33.1. The molecule has 42 heavy (non-hydrogen) atoms. The third-order valence-electron chi connectivity index (χ3n) is 6.29. The zero-order valence-corrected chi connectivity index (χ0v) is 25.4. The molecule has 1 atom stereocenters. The van der Waals surface area contributed by atoms with E-state index < -0.39 is 22.0 Å². The minimum atomic E-state index is -3.71. The van der Waals surface area contributed by atoms with Crippen molar-refractivity contribution in [3.63, 3.8) is 0 Å². The standard InChI is InChI=1S/C32H32ClNO6S.ClH/c1-2-39-32(36)25-8-4-10-28(22-25)40-27-13-17-30(18-14-27)41(37,38)29-15-11-23(12-16-29)7-5-19-34-31(35)21-24-6-3-9-26(33)20-24;/h3-4,6,8-18,20,22,31,34-35H,2,5,7,19,21H2,1H3;1H. The van der Waals surface area contributed by atoms with Gasteiger partial charge < -0.3 is 14.6 Å². The number of sulfone groups is 1. The minimum Gasteiger partial charge on any atom is -0.462 e. The quantitative estimate of drug-likeness (QED) is 0.0970. The Balaban J connectivity index is 0.00000484. The summed E-state index contributed by atoms with van der Waals surface area (Å²) in [6.45, 7) is 2.63. The highest BCUT2D eigenvalue weighted by Gasteiger charge is 2.18. The van der Waals surface area contributed by atoms with E-state index in [-0.39, 0.29) is 28.8 Å². The van der Waals surface area contributed by atoms with Gasteiger partial charge in [-0.05, 0) is 104 Å². The Kier molecular flexibility index (Phi) is 12.4. The van der Waals surface area contributed by atoms with Gasteiger partial charge in [0, 0.05) is 11.4 Å². The summed E-state index contributed by atoms with van der Waals surface area (Å²) in [5.74, 6) is 0.435. The van der Waals surface area contributed by atoms with E-state index in [0.29, 0.717) is 35.1 Å². The number of aliphatic hydroxyl groups excluding tert-OH is 1. The molecule has 0 aliphatic rings. The maximum Gasteiger partial charge on any atom is 0.338 e. The number of carbonyl (C=O) groups excluding carboxylic acids is 1. The average molecular weight is 631 g/mol. The molecule has 0 aliphatic carbocycles. The van der Waals surface area contributed by atoms with E-state index in [1.165, 1.54) is 12.1 Å². The number of halogens is 2. The Labute approximate surface area is 257 Å². The Bertz CT molecular complexity index is 1560. The van der Waals surface area contributed by atoms with Crippen LogP contribution in [0.2, 0.25) is 5.02 Å². The van der Waals surface area contributed by atoms with Crippen LogP contribution in [0, 0.1) is 0 Å². The lowest BCUT2D eigenvalue weighted by Crippen LogP contribution is -2.31. The van der Waals surface area contributed by atoms with Crippen LogP contribution in [0.5, 0.6) is 11.5 Å². The number of hydrogen-bond donors (Lipinski definition) is 2. The highest BCUT2D eigenvalue weighted by atomic mass is 35.5. The molecule has 0 aromatic heterocycles. The summed E-state index contributed by atoms with van der Waals surface area (Å²) in [6.07, 6.45) is 1.30. The molecular weight excluding hydrogens is 597 g/mol. The molecule has 1 unspecified atom stereocenters. The van der Waals surface area contributed by atoms with Crippen LogP contribution in [0.4, 0.5) is 0 Å². The zero-order chi connectivity index (χ0) is 29.2. The van der Waals surface area contributed by atoms with Gasteiger partial charge in [-0.3, -0.25) is 5.32 Å². The lowest BCUT2D eigenvalue weighted by atomic mass is 10.1. The topological polar surface area (TPSA) is 102 Å². The first-order chi connectivity index (χ1) is 19.7. The van der Waals surface area contributed by atoms with Gasteiger partial charge in [-0.1, -0.05) is 41.9 Å². The Morgan fingerprint density at radius 1 is 0.881 bits per heavy atom. The number of hydrogen-bond acceptors (Lipinski definition) is 7. The normalized spacial score (nSPS) is 11.8. The van der Waals surface area contributed by atoms with Gasteiger partial charge in [0.25, 0.3) is 0 Å². The van der Waals surface area contributed by atoms with Gasteiger partial charge in [-0.2, -0.15) is 0 Å². The number of benzene rings is 4. The molecule has 2 N–H and O–H groups in total. The van der Waals surface area contributed by atoms with Gasteiger partial charge in [-0.15, -0.1) is 12.4 Å². The fraction of sp³-hybridized carbons (Fsp3) is 0.219. The van der Waals surface area contributed by atoms with Gasteiger partial charge in [0.05, 0.1) is 22.0 Å². The predicted molar refractivity (Wildman–Crippen MR) is 166 cm³/mol. The molecule has 10 heteroatoms. The molecule has 0 saturated heterocycles. The van der Waals surface area contributed by atoms with Crippen LogP contribution < -0.4 is 10.1 Å². The third-order valence-corrected chi connectivity index (χ3v) is 8.31. The molecule has 0 aliphatic heterocycles. The highest BCUT2D eigenvalue weighted by molar-refractivity contribution is 7.91. The highest BCUT2D eigenvalue weighted by Crippen LogP contribution is 2.27. The molecule has 0 bridgehead atoms. The van der Waals surface area contributed by atoms with Gasteiger partial charge in [-0.25, -0.2) is 13.2 Å². The zero-order valence-electron chi connectivity index (χ0n) is 23.0. The van der Waals surface area contributed by atoms with Crippen LogP contribution in [0.1, 0.15) is 34.8 Å². The molecule has 4 aromatic rings. The molecular formula is C32H33Cl2NO6S. The van der Waals surface area contributed by atoms with Crippen LogP contribution in [0.25, 0.3) is 0 Å². The largest absolute Gasteiger partial charge is 0.462 e. The van der Waals surface area contributed by atoms with Crippen molar-refractivity contribution >= 4 is 39.8 Å². The summed E-state index contributed by atoms with van der Waals surface area (Å²) in [5, 5.41) is 14.0. The van der Waals surface area contributed by atoms with Gasteiger partial charge >= 0.3 is 5.97 Å². The van der Waals surface area contributed by atoms with E-state index in [2.05, 4.69) is 5.32 Å². The number of esters is 1. The first-order valence-corrected chi connectivity index (χ1v) is 15.2. The summed E-state index contributed by atoms with van der Waals surface area (Å²) < 4.78 is 37.1. The number of rotatable bonds is 13. The van der Waals surface area contributed by atoms with E-state index in [0.717, 1.165) is 24.0 Å². The second-order valence-electron chi connectivity index (χ2n) is 9.38. The van der Waals surface area contributed by atoms with Crippen molar-refractivity contribution in [2.75, 3.05) is 13.2 Å². The maximum absolute atomic E-state index is 13.2. The first-order valence-electron chi connectivity index (χ1n) is 13.3. The van der Waals surface area contributed by atoms with Crippen LogP contribution in [-0.2, 0) is 27.4 Å². The summed E-state index contributed by atoms with van der Waals surface area (Å²) in [6, 6.07) is 27.0. The van der Waals surface area contributed by atoms with Crippen molar-refractivity contribution < 1.29 is 27.8 Å². The number of nitrogens with one attached hydrogen (secondary N) is 1. The molecule has 4 rings (SSSR count). The number of ether oxygens (including phenoxy) is 2. The van der Waals surface area contributed by atoms with Gasteiger partial charge in [0.15, 0.2) is 0 Å². The van der Waals surface area contributed by atoms with E-state index in [4.69, 9.17) is 21.1 Å². The van der Waals surface area contributed by atoms with Crippen molar-refractivity contribution in [3.8, 4) is 11.5 Å². The second-order valence-corrected chi connectivity index (χ2v) is 11.8. The summed E-state index contributed by atoms with van der Waals surface area (Å²) >= 11 is 5.99. The average Bonchev–Trinajstić information content (AvgIpc) is 2.96. The van der Waals surface area contributed by atoms with E-state index in [9.17, 15) is 18.3 Å². The molecule has 7 nitrogen and oxygen atoms in total. The van der Waals surface area contributed by atoms with E-state index >= 15 is 0 Å². The molecule has 222 valence electrons. The van der Waals surface area contributed by atoms with Crippen molar-refractivity contribution in [2.45, 2.75) is 42.2 Å². The molecule has 0 heterocycles. The lowest BCUT2D eigenvalue weighted by Gasteiger charge is -2.13. The van der Waals surface area contributed by atoms with Gasteiger partial charge in [0.2, 0.25) is 9.84 Å². The van der Waals surface area contributed by atoms with Crippen LogP contribution in [0.15, 0.2) is 107 Å². The Morgan fingerprint density at radius 2 is 1.55 bits per heavy atom. The van der Waals surface area contributed by atoms with Crippen molar-refractivity contribution in [1.82, 2.24) is 5.32 Å². The van der Waals surface area contributed by atoms with E-state index in [1.807, 2.05) is 30.3 Å². The van der Waals surface area contributed by atoms with Crippen LogP contribution >= 0.6 is 24.0 Å². The molecule has 4 aromatic carbocycles. The summed E-state index contributed by atoms with van der Waals surface area (Å²) in [5.41, 5.74) is 2.33. The number of carbonyl (C=O) groups is 1. The molecule has 0 spiro atoms. The Morgan fingerprint density at radius 3 is 2.21 bits per heavy atom. The lowest BCUT2D eigenvalue weighted by molar-refractivity contribution is 0.0526. The molecule has 0 fully saturated rings. The Hall–Kier alpha value is -3.40. The maximum atomic E-state index is 13.2. The minimum absolute atomic E-state index is 0.